The van der Waals surface area contributed by atoms with E-state index in [-0.39, 0.29) is 5.91 Å². The molecule has 0 radical (unpaired) electrons. The molecule has 3 aromatic rings. The summed E-state index contributed by atoms with van der Waals surface area (Å²) >= 11 is 6.05. The normalized spacial score (nSPS) is 17.2. The molecule has 0 unspecified atom stereocenters. The summed E-state index contributed by atoms with van der Waals surface area (Å²) in [5.74, 6) is 1.05. The van der Waals surface area contributed by atoms with E-state index in [0.29, 0.717) is 41.0 Å². The van der Waals surface area contributed by atoms with Gasteiger partial charge in [-0.15, -0.1) is 0 Å². The predicted octanol–water partition coefficient (Wildman–Crippen LogP) is 4.57. The fourth-order valence-corrected chi connectivity index (χ4v) is 4.02. The van der Waals surface area contributed by atoms with Crippen molar-refractivity contribution in [1.29, 1.82) is 0 Å². The number of hydrogen-bond acceptors (Lipinski definition) is 4. The number of hydrogen-bond donors (Lipinski definition) is 0. The number of carbonyl (C=O) groups is 1. The van der Waals surface area contributed by atoms with Crippen LogP contribution in [0.5, 0.6) is 0 Å². The molecule has 6 heteroatoms. The summed E-state index contributed by atoms with van der Waals surface area (Å²) in [6, 6.07) is 13.1. The van der Waals surface area contributed by atoms with Crippen molar-refractivity contribution >= 4 is 28.6 Å². The highest BCUT2D eigenvalue weighted by molar-refractivity contribution is 6.30. The number of amides is 1. The molecule has 2 aromatic carbocycles. The monoisotopic (exact) mass is 398 g/mol. The zero-order chi connectivity index (χ0) is 19.5. The molecule has 4 rings (SSSR count). The van der Waals surface area contributed by atoms with Crippen molar-refractivity contribution in [3.63, 3.8) is 0 Å². The first-order chi connectivity index (χ1) is 13.6. The van der Waals surface area contributed by atoms with E-state index in [0.717, 1.165) is 37.0 Å². The van der Waals surface area contributed by atoms with Crippen LogP contribution >= 0.6 is 11.6 Å². The number of halogens is 1. The van der Waals surface area contributed by atoms with Crippen molar-refractivity contribution in [2.45, 2.75) is 19.3 Å². The molecule has 1 atom stereocenters. The third-order valence-electron chi connectivity index (χ3n) is 5.13. The minimum Gasteiger partial charge on any atom is -0.440 e. The zero-order valence-corrected chi connectivity index (χ0v) is 16.6. The minimum atomic E-state index is 0.0375. The van der Waals surface area contributed by atoms with E-state index in [1.54, 1.807) is 13.2 Å². The minimum absolute atomic E-state index is 0.0375. The van der Waals surface area contributed by atoms with Crippen LogP contribution < -0.4 is 0 Å². The van der Waals surface area contributed by atoms with Gasteiger partial charge in [0.15, 0.2) is 11.5 Å². The molecule has 28 heavy (non-hydrogen) atoms. The summed E-state index contributed by atoms with van der Waals surface area (Å²) in [5.41, 5.74) is 3.06. The van der Waals surface area contributed by atoms with E-state index >= 15 is 0 Å². The number of likely N-dealkylation sites (tertiary alicyclic amines) is 1. The number of nitrogens with zero attached hydrogens (tertiary/aromatic N) is 2. The molecular weight excluding hydrogens is 376 g/mol. The van der Waals surface area contributed by atoms with Gasteiger partial charge >= 0.3 is 0 Å². The number of piperidine rings is 1. The van der Waals surface area contributed by atoms with Crippen LogP contribution in [0.1, 0.15) is 34.7 Å². The molecule has 1 fully saturated rings. The number of carbonyl (C=O) groups excluding carboxylic acids is 1. The number of methoxy groups -OCH3 is 1. The molecule has 0 saturated carbocycles. The second-order valence-electron chi connectivity index (χ2n) is 7.31. The van der Waals surface area contributed by atoms with E-state index in [1.165, 1.54) is 0 Å². The van der Waals surface area contributed by atoms with Crippen molar-refractivity contribution in [1.82, 2.24) is 9.88 Å². The van der Waals surface area contributed by atoms with Gasteiger partial charge in [0.25, 0.3) is 5.91 Å². The van der Waals surface area contributed by atoms with Gasteiger partial charge in [-0.05, 0) is 54.7 Å². The molecule has 0 spiro atoms. The summed E-state index contributed by atoms with van der Waals surface area (Å²) in [4.78, 5) is 19.4. The van der Waals surface area contributed by atoms with Crippen LogP contribution in [0.3, 0.4) is 0 Å². The second-order valence-corrected chi connectivity index (χ2v) is 7.75. The van der Waals surface area contributed by atoms with E-state index < -0.39 is 0 Å². The maximum atomic E-state index is 12.9. The van der Waals surface area contributed by atoms with Crippen molar-refractivity contribution in [2.75, 3.05) is 26.8 Å². The van der Waals surface area contributed by atoms with Crippen LogP contribution in [0.2, 0.25) is 5.02 Å². The Morgan fingerprint density at radius 3 is 3.04 bits per heavy atom. The number of oxazole rings is 1. The van der Waals surface area contributed by atoms with Crippen molar-refractivity contribution in [3.8, 4) is 0 Å². The molecule has 1 aromatic heterocycles. The Kier molecular flexibility index (Phi) is 5.64. The van der Waals surface area contributed by atoms with Crippen LogP contribution in [-0.2, 0) is 11.2 Å². The fraction of sp³-hybridized carbons (Fsp3) is 0.364. The molecular formula is C22H23ClN2O3. The predicted molar refractivity (Wildman–Crippen MR) is 109 cm³/mol. The first-order valence-corrected chi connectivity index (χ1v) is 9.92. The first-order valence-electron chi connectivity index (χ1n) is 9.54. The van der Waals surface area contributed by atoms with Gasteiger partial charge in [0.2, 0.25) is 0 Å². The van der Waals surface area contributed by atoms with Gasteiger partial charge in [-0.1, -0.05) is 23.7 Å². The van der Waals surface area contributed by atoms with Gasteiger partial charge in [-0.3, -0.25) is 4.79 Å². The van der Waals surface area contributed by atoms with Crippen LogP contribution in [0, 0.1) is 5.92 Å². The fourth-order valence-electron chi connectivity index (χ4n) is 3.81. The Bertz CT molecular complexity index is 983. The summed E-state index contributed by atoms with van der Waals surface area (Å²) < 4.78 is 11.2. The van der Waals surface area contributed by atoms with Crippen molar-refractivity contribution < 1.29 is 13.9 Å². The molecule has 2 heterocycles. The highest BCUT2D eigenvalue weighted by atomic mass is 35.5. The van der Waals surface area contributed by atoms with Crippen molar-refractivity contribution in [2.24, 2.45) is 5.92 Å². The molecule has 0 bridgehead atoms. The third-order valence-corrected chi connectivity index (χ3v) is 5.37. The SMILES string of the molecule is COC[C@@H]1CCCN(C(=O)c2ccc3nc(Cc4cccc(Cl)c4)oc3c2)C1. The molecule has 1 aliphatic heterocycles. The number of benzene rings is 2. The molecule has 0 aliphatic carbocycles. The summed E-state index contributed by atoms with van der Waals surface area (Å²) in [5, 5.41) is 0.690. The molecule has 0 N–H and O–H groups in total. The molecule has 1 saturated heterocycles. The van der Waals surface area contributed by atoms with Gasteiger partial charge in [-0.25, -0.2) is 4.98 Å². The van der Waals surface area contributed by atoms with Crippen LogP contribution in [0.4, 0.5) is 0 Å². The van der Waals surface area contributed by atoms with Gasteiger partial charge in [0.1, 0.15) is 5.52 Å². The smallest absolute Gasteiger partial charge is 0.254 e. The van der Waals surface area contributed by atoms with Crippen LogP contribution in [0.25, 0.3) is 11.1 Å². The Labute approximate surface area is 169 Å². The third kappa shape index (κ3) is 4.21. The average Bonchev–Trinajstić information content (AvgIpc) is 3.09. The molecule has 1 amide bonds. The molecule has 5 nitrogen and oxygen atoms in total. The van der Waals surface area contributed by atoms with E-state index in [4.69, 9.17) is 20.8 Å². The maximum absolute atomic E-state index is 12.9. The molecule has 146 valence electrons. The summed E-state index contributed by atoms with van der Waals surface area (Å²) in [6.45, 7) is 2.21. The highest BCUT2D eigenvalue weighted by Crippen LogP contribution is 2.23. The largest absolute Gasteiger partial charge is 0.440 e. The lowest BCUT2D eigenvalue weighted by atomic mass is 9.98. The topological polar surface area (TPSA) is 55.6 Å². The Morgan fingerprint density at radius 2 is 2.21 bits per heavy atom. The maximum Gasteiger partial charge on any atom is 0.254 e. The lowest BCUT2D eigenvalue weighted by Crippen LogP contribution is -2.41. The lowest BCUT2D eigenvalue weighted by molar-refractivity contribution is 0.0571. The van der Waals surface area contributed by atoms with Gasteiger partial charge in [-0.2, -0.15) is 0 Å². The standard InChI is InChI=1S/C22H23ClN2O3/c1-27-14-16-5-3-9-25(13-16)22(26)17-7-8-19-20(12-17)28-21(24-19)11-15-4-2-6-18(23)10-15/h2,4,6-8,10,12,16H,3,5,9,11,13-14H2,1H3/t16-/m1/s1. The summed E-state index contributed by atoms with van der Waals surface area (Å²) in [6.07, 6.45) is 2.67. The Hall–Kier alpha value is -2.37. The highest BCUT2D eigenvalue weighted by Gasteiger charge is 2.25. The second kappa shape index (κ2) is 8.33. The molecule has 1 aliphatic rings. The average molecular weight is 399 g/mol. The van der Waals surface area contributed by atoms with Gasteiger partial charge < -0.3 is 14.1 Å². The number of fused-ring (bicyclic) bond motifs is 1. The van der Waals surface area contributed by atoms with Crippen LogP contribution in [0.15, 0.2) is 46.9 Å². The van der Waals surface area contributed by atoms with E-state index in [1.807, 2.05) is 41.3 Å². The van der Waals surface area contributed by atoms with Gasteiger partial charge in [0, 0.05) is 37.2 Å². The Balaban J connectivity index is 1.52. The quantitative estimate of drug-likeness (QED) is 0.631. The number of ether oxygens (including phenoxy) is 1. The number of aromatic nitrogens is 1. The zero-order valence-electron chi connectivity index (χ0n) is 15.9. The van der Waals surface area contributed by atoms with Crippen LogP contribution in [-0.4, -0.2) is 42.6 Å². The van der Waals surface area contributed by atoms with E-state index in [2.05, 4.69) is 4.98 Å². The lowest BCUT2D eigenvalue weighted by Gasteiger charge is -2.32. The first kappa shape index (κ1) is 19.0. The van der Waals surface area contributed by atoms with Gasteiger partial charge in [0.05, 0.1) is 6.61 Å². The van der Waals surface area contributed by atoms with E-state index in [9.17, 15) is 4.79 Å². The number of rotatable bonds is 5. The summed E-state index contributed by atoms with van der Waals surface area (Å²) in [7, 11) is 1.71. The van der Waals surface area contributed by atoms with Crippen molar-refractivity contribution in [3.05, 3.63) is 64.5 Å². The Morgan fingerprint density at radius 1 is 1.32 bits per heavy atom.